The molecular weight excluding hydrogens is 324 g/mol. The van der Waals surface area contributed by atoms with Crippen LogP contribution in [0.3, 0.4) is 0 Å². The number of carbonyl (C=O) groups is 3. The molecule has 2 heterocycles. The summed E-state index contributed by atoms with van der Waals surface area (Å²) in [6, 6.07) is 3.75. The molecule has 0 spiro atoms. The fourth-order valence-corrected chi connectivity index (χ4v) is 3.70. The lowest BCUT2D eigenvalue weighted by Gasteiger charge is -2.31. The highest BCUT2D eigenvalue weighted by Crippen LogP contribution is 2.20. The van der Waals surface area contributed by atoms with Gasteiger partial charge in [-0.25, -0.2) is 0 Å². The van der Waals surface area contributed by atoms with Crippen molar-refractivity contribution in [2.24, 2.45) is 5.92 Å². The van der Waals surface area contributed by atoms with Crippen molar-refractivity contribution in [1.29, 1.82) is 0 Å². The molecule has 0 aliphatic carbocycles. The van der Waals surface area contributed by atoms with Crippen molar-refractivity contribution < 1.29 is 14.4 Å². The first-order valence-electron chi connectivity index (χ1n) is 8.66. The van der Waals surface area contributed by atoms with E-state index in [0.717, 1.165) is 16.2 Å². The number of Topliss-reactive ketones (excluding diaryl/α,β-unsaturated/α-hetero) is 1. The Hall–Kier alpha value is -1.69. The van der Waals surface area contributed by atoms with Gasteiger partial charge in [0.1, 0.15) is 0 Å². The lowest BCUT2D eigenvalue weighted by molar-refractivity contribution is -0.135. The van der Waals surface area contributed by atoms with E-state index in [0.29, 0.717) is 32.5 Å². The second kappa shape index (κ2) is 8.97. The van der Waals surface area contributed by atoms with Crippen LogP contribution in [0.1, 0.15) is 53.6 Å². The number of thiophene rings is 1. The molecule has 6 heteroatoms. The molecule has 2 amide bonds. The summed E-state index contributed by atoms with van der Waals surface area (Å²) in [5, 5.41) is 2.92. The maximum absolute atomic E-state index is 12.3. The van der Waals surface area contributed by atoms with E-state index in [4.69, 9.17) is 0 Å². The molecule has 2 rings (SSSR count). The minimum absolute atomic E-state index is 0.0105. The molecule has 0 aromatic carbocycles. The summed E-state index contributed by atoms with van der Waals surface area (Å²) >= 11 is 1.47. The van der Waals surface area contributed by atoms with Crippen LogP contribution in [-0.2, 0) is 9.59 Å². The molecule has 1 N–H and O–H groups in total. The molecule has 0 radical (unpaired) electrons. The van der Waals surface area contributed by atoms with Gasteiger partial charge in [0.05, 0.1) is 4.88 Å². The minimum atomic E-state index is 0.0105. The number of carbonyl (C=O) groups excluding carboxylic acids is 3. The van der Waals surface area contributed by atoms with Crippen molar-refractivity contribution in [1.82, 2.24) is 10.2 Å². The van der Waals surface area contributed by atoms with Gasteiger partial charge in [0, 0.05) is 43.3 Å². The molecule has 132 valence electrons. The molecule has 1 aliphatic heterocycles. The van der Waals surface area contributed by atoms with Crippen LogP contribution in [-0.4, -0.2) is 42.1 Å². The Labute approximate surface area is 147 Å². The standard InChI is InChI=1S/C18H26N2O3S/c1-3-10-19-18(23)14-8-11-20(12-9-14)17(22)7-5-15(21)16-6-4-13(2)24-16/h4,6,14H,3,5,7-12H2,1-2H3,(H,19,23). The smallest absolute Gasteiger partial charge is 0.223 e. The van der Waals surface area contributed by atoms with Gasteiger partial charge < -0.3 is 10.2 Å². The van der Waals surface area contributed by atoms with Crippen LogP contribution in [0.25, 0.3) is 0 Å². The Morgan fingerprint density at radius 2 is 1.92 bits per heavy atom. The molecular formula is C18H26N2O3S. The normalized spacial score (nSPS) is 15.3. The third-order valence-corrected chi connectivity index (χ3v) is 5.39. The van der Waals surface area contributed by atoms with Gasteiger partial charge in [-0.1, -0.05) is 6.92 Å². The number of rotatable bonds is 7. The quantitative estimate of drug-likeness (QED) is 0.769. The first-order valence-corrected chi connectivity index (χ1v) is 9.48. The summed E-state index contributed by atoms with van der Waals surface area (Å²) in [6.07, 6.45) is 2.86. The monoisotopic (exact) mass is 350 g/mol. The van der Waals surface area contributed by atoms with E-state index < -0.39 is 0 Å². The molecule has 5 nitrogen and oxygen atoms in total. The van der Waals surface area contributed by atoms with Gasteiger partial charge in [0.2, 0.25) is 11.8 Å². The number of nitrogens with zero attached hydrogens (tertiary/aromatic N) is 1. The maximum Gasteiger partial charge on any atom is 0.223 e. The summed E-state index contributed by atoms with van der Waals surface area (Å²) in [7, 11) is 0. The molecule has 0 atom stereocenters. The van der Waals surface area contributed by atoms with Crippen LogP contribution in [0.5, 0.6) is 0 Å². The van der Waals surface area contributed by atoms with Crippen LogP contribution in [0.2, 0.25) is 0 Å². The van der Waals surface area contributed by atoms with E-state index in [1.165, 1.54) is 11.3 Å². The molecule has 1 saturated heterocycles. The van der Waals surface area contributed by atoms with E-state index in [1.807, 2.05) is 26.0 Å². The topological polar surface area (TPSA) is 66.5 Å². The number of aryl methyl sites for hydroxylation is 1. The van der Waals surface area contributed by atoms with Crippen molar-refractivity contribution >= 4 is 28.9 Å². The molecule has 24 heavy (non-hydrogen) atoms. The number of hydrogen-bond acceptors (Lipinski definition) is 4. The zero-order valence-corrected chi connectivity index (χ0v) is 15.3. The number of likely N-dealkylation sites (tertiary alicyclic amines) is 1. The Bertz CT molecular complexity index is 589. The van der Waals surface area contributed by atoms with Crippen LogP contribution in [0, 0.1) is 12.8 Å². The van der Waals surface area contributed by atoms with Crippen LogP contribution in [0.4, 0.5) is 0 Å². The lowest BCUT2D eigenvalue weighted by Crippen LogP contribution is -2.43. The van der Waals surface area contributed by atoms with Gasteiger partial charge in [0.25, 0.3) is 0 Å². The number of hydrogen-bond donors (Lipinski definition) is 1. The molecule has 0 bridgehead atoms. The Kier molecular flexibility index (Phi) is 6.97. The average Bonchev–Trinajstić information content (AvgIpc) is 3.04. The summed E-state index contributed by atoms with van der Waals surface area (Å²) in [6.45, 7) is 5.92. The predicted molar refractivity (Wildman–Crippen MR) is 95.2 cm³/mol. The molecule has 1 fully saturated rings. The van der Waals surface area contributed by atoms with Gasteiger partial charge in [-0.15, -0.1) is 11.3 Å². The third kappa shape index (κ3) is 5.16. The highest BCUT2D eigenvalue weighted by molar-refractivity contribution is 7.14. The molecule has 0 unspecified atom stereocenters. The fourth-order valence-electron chi connectivity index (χ4n) is 2.87. The van der Waals surface area contributed by atoms with Crippen molar-refractivity contribution in [3.63, 3.8) is 0 Å². The zero-order valence-electron chi connectivity index (χ0n) is 14.5. The highest BCUT2D eigenvalue weighted by atomic mass is 32.1. The van der Waals surface area contributed by atoms with Gasteiger partial charge in [-0.05, 0) is 38.3 Å². The van der Waals surface area contributed by atoms with Crippen LogP contribution in [0.15, 0.2) is 12.1 Å². The largest absolute Gasteiger partial charge is 0.356 e. The summed E-state index contributed by atoms with van der Waals surface area (Å²) in [5.41, 5.74) is 0. The maximum atomic E-state index is 12.3. The van der Waals surface area contributed by atoms with E-state index in [9.17, 15) is 14.4 Å². The van der Waals surface area contributed by atoms with Crippen LogP contribution >= 0.6 is 11.3 Å². The number of ketones is 1. The molecule has 1 aromatic heterocycles. The fraction of sp³-hybridized carbons (Fsp3) is 0.611. The van der Waals surface area contributed by atoms with Crippen molar-refractivity contribution in [3.05, 3.63) is 21.9 Å². The first-order chi connectivity index (χ1) is 11.5. The van der Waals surface area contributed by atoms with E-state index in [-0.39, 0.29) is 36.4 Å². The SMILES string of the molecule is CCCNC(=O)C1CCN(C(=O)CCC(=O)c2ccc(C)s2)CC1. The van der Waals surface area contributed by atoms with E-state index in [1.54, 1.807) is 4.90 Å². The third-order valence-electron chi connectivity index (χ3n) is 4.35. The first kappa shape index (κ1) is 18.6. The summed E-state index contributed by atoms with van der Waals surface area (Å²) in [5.74, 6) is 0.169. The van der Waals surface area contributed by atoms with Crippen molar-refractivity contribution in [2.75, 3.05) is 19.6 Å². The Balaban J connectivity index is 1.72. The van der Waals surface area contributed by atoms with E-state index >= 15 is 0 Å². The second-order valence-electron chi connectivity index (χ2n) is 6.28. The summed E-state index contributed by atoms with van der Waals surface area (Å²) < 4.78 is 0. The zero-order chi connectivity index (χ0) is 17.5. The van der Waals surface area contributed by atoms with Gasteiger partial charge in [0.15, 0.2) is 5.78 Å². The highest BCUT2D eigenvalue weighted by Gasteiger charge is 2.27. The molecule has 0 saturated carbocycles. The Morgan fingerprint density at radius 3 is 2.50 bits per heavy atom. The predicted octanol–water partition coefficient (Wildman–Crippen LogP) is 2.78. The molecule has 1 aliphatic rings. The molecule has 1 aromatic rings. The second-order valence-corrected chi connectivity index (χ2v) is 7.57. The minimum Gasteiger partial charge on any atom is -0.356 e. The number of nitrogens with one attached hydrogen (secondary N) is 1. The lowest BCUT2D eigenvalue weighted by atomic mass is 9.95. The van der Waals surface area contributed by atoms with E-state index in [2.05, 4.69) is 5.32 Å². The van der Waals surface area contributed by atoms with Gasteiger partial charge in [-0.2, -0.15) is 0 Å². The summed E-state index contributed by atoms with van der Waals surface area (Å²) in [4.78, 5) is 39.9. The Morgan fingerprint density at radius 1 is 1.21 bits per heavy atom. The van der Waals surface area contributed by atoms with Gasteiger partial charge >= 0.3 is 0 Å². The average molecular weight is 350 g/mol. The van der Waals surface area contributed by atoms with Crippen LogP contribution < -0.4 is 5.32 Å². The van der Waals surface area contributed by atoms with Crippen molar-refractivity contribution in [2.45, 2.75) is 46.0 Å². The number of amides is 2. The number of piperidine rings is 1. The van der Waals surface area contributed by atoms with Gasteiger partial charge in [-0.3, -0.25) is 14.4 Å². The van der Waals surface area contributed by atoms with Crippen molar-refractivity contribution in [3.8, 4) is 0 Å².